The van der Waals surface area contributed by atoms with Crippen molar-refractivity contribution in [2.75, 3.05) is 0 Å². The molecule has 0 bridgehead atoms. The quantitative estimate of drug-likeness (QED) is 0.156. The molecule has 3 heterocycles. The fraction of sp³-hybridized carbons (Fsp3) is 0.404. The van der Waals surface area contributed by atoms with E-state index in [1.165, 1.54) is 45.2 Å². The highest BCUT2D eigenvalue weighted by Gasteiger charge is 2.36. The summed E-state index contributed by atoms with van der Waals surface area (Å²) in [5.41, 5.74) is 11.1. The van der Waals surface area contributed by atoms with E-state index in [1.54, 1.807) is 0 Å². The predicted molar refractivity (Wildman–Crippen MR) is 218 cm³/mol. The van der Waals surface area contributed by atoms with Crippen molar-refractivity contribution in [3.05, 3.63) is 119 Å². The van der Waals surface area contributed by atoms with Crippen molar-refractivity contribution in [3.8, 4) is 23.0 Å². The first-order chi connectivity index (χ1) is 24.6. The Kier molecular flexibility index (Phi) is 9.21. The Morgan fingerprint density at radius 1 is 0.827 bits per heavy atom. The largest absolute Gasteiger partial charge is 0.457 e. The van der Waals surface area contributed by atoms with E-state index in [9.17, 15) is 0 Å². The Morgan fingerprint density at radius 3 is 2.29 bits per heavy atom. The van der Waals surface area contributed by atoms with E-state index < -0.39 is 0 Å². The van der Waals surface area contributed by atoms with Gasteiger partial charge in [0, 0.05) is 46.3 Å². The Labute approximate surface area is 310 Å². The van der Waals surface area contributed by atoms with Crippen LogP contribution in [0.3, 0.4) is 0 Å². The van der Waals surface area contributed by atoms with E-state index in [-0.39, 0.29) is 10.8 Å². The van der Waals surface area contributed by atoms with E-state index in [0.717, 1.165) is 52.6 Å². The molecule has 270 valence electrons. The smallest absolute Gasteiger partial charge is 0.137 e. The molecule has 0 radical (unpaired) electrons. The van der Waals surface area contributed by atoms with Crippen molar-refractivity contribution >= 4 is 21.8 Å². The molecule has 0 saturated carbocycles. The van der Waals surface area contributed by atoms with E-state index in [0.29, 0.717) is 17.8 Å². The van der Waals surface area contributed by atoms with Crippen LogP contribution in [0.15, 0.2) is 90.6 Å². The summed E-state index contributed by atoms with van der Waals surface area (Å²) in [5, 5.41) is 7.60. The van der Waals surface area contributed by atoms with Gasteiger partial charge in [-0.15, -0.1) is 0 Å². The van der Waals surface area contributed by atoms with Crippen LogP contribution in [-0.2, 0) is 11.8 Å². The number of nitrogens with zero attached hydrogens (tertiary/aromatic N) is 4. The molecule has 0 saturated heterocycles. The van der Waals surface area contributed by atoms with Crippen molar-refractivity contribution in [2.24, 2.45) is 17.3 Å². The van der Waals surface area contributed by atoms with Gasteiger partial charge >= 0.3 is 0 Å². The third kappa shape index (κ3) is 6.59. The number of aromatic nitrogens is 4. The van der Waals surface area contributed by atoms with Gasteiger partial charge < -0.3 is 4.74 Å². The van der Waals surface area contributed by atoms with Crippen molar-refractivity contribution in [1.82, 2.24) is 19.3 Å². The minimum absolute atomic E-state index is 0.0855. The maximum Gasteiger partial charge on any atom is 0.137 e. The van der Waals surface area contributed by atoms with E-state index in [4.69, 9.17) is 14.8 Å². The molecule has 1 unspecified atom stereocenters. The zero-order valence-corrected chi connectivity index (χ0v) is 33.1. The van der Waals surface area contributed by atoms with Gasteiger partial charge in [0.15, 0.2) is 0 Å². The van der Waals surface area contributed by atoms with E-state index >= 15 is 0 Å². The maximum atomic E-state index is 6.82. The molecule has 1 aliphatic rings. The Morgan fingerprint density at radius 2 is 1.58 bits per heavy atom. The molecular formula is C47H56N4O. The third-order valence-corrected chi connectivity index (χ3v) is 11.4. The number of ether oxygens (including phenoxy) is 1. The summed E-state index contributed by atoms with van der Waals surface area (Å²) in [6, 6.07) is 26.0. The summed E-state index contributed by atoms with van der Waals surface area (Å²) in [6.07, 6.45) is 7.79. The molecule has 1 aliphatic carbocycles. The molecule has 3 aromatic heterocycles. The normalized spacial score (nSPS) is 18.3. The van der Waals surface area contributed by atoms with Gasteiger partial charge in [-0.2, -0.15) is 5.10 Å². The highest BCUT2D eigenvalue weighted by atomic mass is 16.5. The Balaban J connectivity index is 1.31. The van der Waals surface area contributed by atoms with Gasteiger partial charge in [-0.1, -0.05) is 91.7 Å². The zero-order valence-electron chi connectivity index (χ0n) is 33.1. The average Bonchev–Trinajstić information content (AvgIpc) is 3.56. The van der Waals surface area contributed by atoms with Gasteiger partial charge in [0.1, 0.15) is 17.3 Å². The second-order valence-electron chi connectivity index (χ2n) is 17.4. The first kappa shape index (κ1) is 35.7. The van der Waals surface area contributed by atoms with Crippen molar-refractivity contribution < 1.29 is 4.74 Å². The van der Waals surface area contributed by atoms with Crippen molar-refractivity contribution in [3.63, 3.8) is 0 Å². The predicted octanol–water partition coefficient (Wildman–Crippen LogP) is 12.8. The fourth-order valence-electron chi connectivity index (χ4n) is 8.57. The molecule has 6 aromatic rings. The minimum Gasteiger partial charge on any atom is -0.457 e. The molecule has 3 aromatic carbocycles. The molecule has 0 N–H and O–H groups in total. The summed E-state index contributed by atoms with van der Waals surface area (Å²) in [7, 11) is 0. The number of benzene rings is 3. The third-order valence-electron chi connectivity index (χ3n) is 11.4. The first-order valence-corrected chi connectivity index (χ1v) is 19.2. The lowest BCUT2D eigenvalue weighted by atomic mass is 9.65. The van der Waals surface area contributed by atoms with Gasteiger partial charge in [-0.25, -0.2) is 9.67 Å². The van der Waals surface area contributed by atoms with Crippen LogP contribution in [0, 0.1) is 31.1 Å². The van der Waals surface area contributed by atoms with Crippen LogP contribution in [0.5, 0.6) is 11.5 Å². The van der Waals surface area contributed by atoms with Crippen LogP contribution in [0.4, 0.5) is 0 Å². The number of hydrogen-bond donors (Lipinski definition) is 0. The van der Waals surface area contributed by atoms with Gasteiger partial charge in [0.05, 0.1) is 22.4 Å². The number of hydrogen-bond acceptors (Lipinski definition) is 3. The van der Waals surface area contributed by atoms with Gasteiger partial charge in [0.2, 0.25) is 0 Å². The zero-order chi connectivity index (χ0) is 37.1. The second-order valence-corrected chi connectivity index (χ2v) is 17.4. The van der Waals surface area contributed by atoms with Crippen LogP contribution in [-0.4, -0.2) is 19.3 Å². The van der Waals surface area contributed by atoms with Crippen LogP contribution in [0.1, 0.15) is 109 Å². The Bertz CT molecular complexity index is 2300. The molecular weight excluding hydrogens is 637 g/mol. The molecule has 0 spiro atoms. The molecule has 0 fully saturated rings. The number of pyridine rings is 1. The summed E-state index contributed by atoms with van der Waals surface area (Å²) in [5.74, 6) is 4.01. The molecule has 5 heteroatoms. The summed E-state index contributed by atoms with van der Waals surface area (Å²) >= 11 is 0. The molecule has 0 amide bonds. The standard InChI is InChI=1S/C47H56N4O/c1-12-15-33-20-21-48-43(24-33)50-41-17-14-13-16-39(41)40-19-18-37(28-42(40)50)52-38-26-35(47(9,10)11)25-36(27-38)51-32(5)45(31(4)49-51)44-29(2)22-34(23-30(44)3)46(6,7)8/h13-14,16-22,24-28,30,34,44H,12,15,23H2,1-11H3/t30-,34-,44?/m0/s1. The second kappa shape index (κ2) is 13.4. The molecule has 0 aliphatic heterocycles. The molecule has 52 heavy (non-hydrogen) atoms. The van der Waals surface area contributed by atoms with Crippen molar-refractivity contribution in [1.29, 1.82) is 0 Å². The maximum absolute atomic E-state index is 6.82. The number of allylic oxidation sites excluding steroid dienone is 2. The monoisotopic (exact) mass is 692 g/mol. The molecule has 3 atom stereocenters. The van der Waals surface area contributed by atoms with Crippen LogP contribution < -0.4 is 4.74 Å². The highest BCUT2D eigenvalue weighted by molar-refractivity contribution is 6.09. The summed E-state index contributed by atoms with van der Waals surface area (Å²) in [6.45, 7) is 25.3. The molecule has 7 rings (SSSR count). The van der Waals surface area contributed by atoms with Crippen LogP contribution in [0.2, 0.25) is 0 Å². The highest BCUT2D eigenvalue weighted by Crippen LogP contribution is 2.47. The first-order valence-electron chi connectivity index (χ1n) is 19.2. The summed E-state index contributed by atoms with van der Waals surface area (Å²) in [4.78, 5) is 4.85. The number of para-hydroxylation sites is 1. The van der Waals surface area contributed by atoms with Gasteiger partial charge in [-0.3, -0.25) is 4.57 Å². The number of fused-ring (bicyclic) bond motifs is 3. The van der Waals surface area contributed by atoms with Gasteiger partial charge in [0.25, 0.3) is 0 Å². The number of aryl methyl sites for hydroxylation is 2. The Hall–Kier alpha value is -4.64. The van der Waals surface area contributed by atoms with Crippen molar-refractivity contribution in [2.45, 2.75) is 107 Å². The van der Waals surface area contributed by atoms with Crippen LogP contribution in [0.25, 0.3) is 33.3 Å². The van der Waals surface area contributed by atoms with E-state index in [2.05, 4.69) is 164 Å². The molecule has 5 nitrogen and oxygen atoms in total. The van der Waals surface area contributed by atoms with Crippen LogP contribution >= 0.6 is 0 Å². The summed E-state index contributed by atoms with van der Waals surface area (Å²) < 4.78 is 11.2. The lowest BCUT2D eigenvalue weighted by Crippen LogP contribution is -2.28. The topological polar surface area (TPSA) is 44.9 Å². The average molecular weight is 693 g/mol. The van der Waals surface area contributed by atoms with Gasteiger partial charge in [-0.05, 0) is 110 Å². The fourth-order valence-corrected chi connectivity index (χ4v) is 8.57. The lowest BCUT2D eigenvalue weighted by molar-refractivity contribution is 0.224. The lowest BCUT2D eigenvalue weighted by Gasteiger charge is -2.39. The minimum atomic E-state index is -0.0855. The van der Waals surface area contributed by atoms with E-state index in [1.807, 2.05) is 6.20 Å². The SMILES string of the molecule is CCCc1ccnc(-n2c3ccccc3c3ccc(Oc4cc(-n5nc(C)c(C6C(C)=C[C@H](C(C)(C)C)C[C@@H]6C)c5C)cc(C(C)(C)C)c4)cc32)c1. The number of rotatable bonds is 7.